The molecular formula is C11H16IN3O. The zero-order valence-electron chi connectivity index (χ0n) is 9.53. The van der Waals surface area contributed by atoms with Crippen molar-refractivity contribution < 1.29 is 4.79 Å². The summed E-state index contributed by atoms with van der Waals surface area (Å²) in [5.74, 6) is -0.0511. The molecule has 0 bridgehead atoms. The lowest BCUT2D eigenvalue weighted by Gasteiger charge is -2.09. The molecule has 88 valence electrons. The highest BCUT2D eigenvalue weighted by Gasteiger charge is 2.05. The molecule has 0 fully saturated rings. The Morgan fingerprint density at radius 1 is 1.50 bits per heavy atom. The fraction of sp³-hybridized carbons (Fsp3) is 0.455. The smallest absolute Gasteiger partial charge is 0.252 e. The van der Waals surface area contributed by atoms with Gasteiger partial charge < -0.3 is 10.2 Å². The molecule has 0 radical (unpaired) electrons. The molecule has 5 heteroatoms. The first-order valence-electron chi connectivity index (χ1n) is 5.13. The number of carbonyl (C=O) groups is 1. The predicted octanol–water partition coefficient (Wildman–Crippen LogP) is 1.37. The van der Waals surface area contributed by atoms with Gasteiger partial charge in [0.2, 0.25) is 0 Å². The molecule has 0 saturated carbocycles. The normalized spacial score (nSPS) is 10.5. The van der Waals surface area contributed by atoms with Crippen molar-refractivity contribution in [1.82, 2.24) is 15.2 Å². The van der Waals surface area contributed by atoms with E-state index in [-0.39, 0.29) is 5.91 Å². The van der Waals surface area contributed by atoms with Crippen LogP contribution >= 0.6 is 22.6 Å². The van der Waals surface area contributed by atoms with Gasteiger partial charge in [-0.25, -0.2) is 0 Å². The Bertz CT molecular complexity index is 355. The third-order valence-corrected chi connectivity index (χ3v) is 2.62. The van der Waals surface area contributed by atoms with Crippen molar-refractivity contribution in [3.63, 3.8) is 0 Å². The summed E-state index contributed by atoms with van der Waals surface area (Å²) in [7, 11) is 4.04. The predicted molar refractivity (Wildman–Crippen MR) is 72.5 cm³/mol. The molecule has 1 N–H and O–H groups in total. The maximum atomic E-state index is 11.7. The summed E-state index contributed by atoms with van der Waals surface area (Å²) in [5.41, 5.74) is 0.622. The maximum Gasteiger partial charge on any atom is 0.252 e. The number of rotatable bonds is 5. The van der Waals surface area contributed by atoms with E-state index in [2.05, 4.69) is 37.8 Å². The summed E-state index contributed by atoms with van der Waals surface area (Å²) in [5, 5.41) is 2.87. The molecule has 1 aromatic heterocycles. The van der Waals surface area contributed by atoms with Crippen molar-refractivity contribution >= 4 is 28.5 Å². The van der Waals surface area contributed by atoms with Crippen molar-refractivity contribution in [3.05, 3.63) is 27.6 Å². The number of halogens is 1. The molecule has 1 aromatic rings. The molecule has 16 heavy (non-hydrogen) atoms. The van der Waals surface area contributed by atoms with Crippen LogP contribution in [0.1, 0.15) is 16.8 Å². The fourth-order valence-electron chi connectivity index (χ4n) is 1.24. The van der Waals surface area contributed by atoms with Gasteiger partial charge in [-0.1, -0.05) is 0 Å². The molecule has 0 atom stereocenters. The number of aromatic nitrogens is 1. The summed E-state index contributed by atoms with van der Waals surface area (Å²) >= 11 is 2.14. The molecule has 1 rings (SSSR count). The van der Waals surface area contributed by atoms with E-state index >= 15 is 0 Å². The van der Waals surface area contributed by atoms with Gasteiger partial charge in [0.15, 0.2) is 0 Å². The Kier molecular flexibility index (Phi) is 5.68. The third-order valence-electron chi connectivity index (χ3n) is 2.03. The summed E-state index contributed by atoms with van der Waals surface area (Å²) in [6.07, 6.45) is 4.27. The van der Waals surface area contributed by atoms with Gasteiger partial charge in [0.05, 0.1) is 5.56 Å². The summed E-state index contributed by atoms with van der Waals surface area (Å²) < 4.78 is 0.971. The van der Waals surface area contributed by atoms with Crippen LogP contribution in [0.3, 0.4) is 0 Å². The maximum absolute atomic E-state index is 11.7. The van der Waals surface area contributed by atoms with E-state index in [4.69, 9.17) is 0 Å². The van der Waals surface area contributed by atoms with E-state index in [1.54, 1.807) is 12.4 Å². The Labute approximate surface area is 110 Å². The first-order valence-corrected chi connectivity index (χ1v) is 6.21. The zero-order valence-corrected chi connectivity index (χ0v) is 11.7. The number of pyridine rings is 1. The van der Waals surface area contributed by atoms with Gasteiger partial charge in [0.25, 0.3) is 5.91 Å². The molecule has 0 aromatic carbocycles. The number of hydrogen-bond donors (Lipinski definition) is 1. The van der Waals surface area contributed by atoms with E-state index in [1.165, 1.54) is 0 Å². The van der Waals surface area contributed by atoms with Gasteiger partial charge in [-0.05, 0) is 55.7 Å². The molecule has 0 saturated heterocycles. The minimum atomic E-state index is -0.0511. The van der Waals surface area contributed by atoms with Crippen molar-refractivity contribution in [3.8, 4) is 0 Å². The van der Waals surface area contributed by atoms with Crippen molar-refractivity contribution in [2.45, 2.75) is 6.42 Å². The SMILES string of the molecule is CN(C)CCCNC(=O)c1cncc(I)c1. The molecule has 1 amide bonds. The van der Waals surface area contributed by atoms with Crippen LogP contribution in [0.2, 0.25) is 0 Å². The highest BCUT2D eigenvalue weighted by atomic mass is 127. The standard InChI is InChI=1S/C11H16IN3O/c1-15(2)5-3-4-14-11(16)9-6-10(12)8-13-7-9/h6-8H,3-5H2,1-2H3,(H,14,16). The molecule has 0 aliphatic rings. The minimum absolute atomic E-state index is 0.0511. The van der Waals surface area contributed by atoms with Crippen LogP contribution < -0.4 is 5.32 Å². The lowest BCUT2D eigenvalue weighted by atomic mass is 10.2. The number of amides is 1. The van der Waals surface area contributed by atoms with Gasteiger partial charge in [-0.2, -0.15) is 0 Å². The zero-order chi connectivity index (χ0) is 12.0. The van der Waals surface area contributed by atoms with E-state index in [0.717, 1.165) is 16.5 Å². The van der Waals surface area contributed by atoms with Gasteiger partial charge >= 0.3 is 0 Å². The van der Waals surface area contributed by atoms with Crippen LogP contribution in [-0.2, 0) is 0 Å². The van der Waals surface area contributed by atoms with Crippen LogP contribution in [0.4, 0.5) is 0 Å². The lowest BCUT2D eigenvalue weighted by molar-refractivity contribution is 0.0952. The number of nitrogens with zero attached hydrogens (tertiary/aromatic N) is 2. The van der Waals surface area contributed by atoms with E-state index < -0.39 is 0 Å². The molecule has 0 spiro atoms. The van der Waals surface area contributed by atoms with Crippen molar-refractivity contribution in [2.75, 3.05) is 27.2 Å². The Balaban J connectivity index is 2.35. The molecule has 1 heterocycles. The first-order chi connectivity index (χ1) is 7.59. The van der Waals surface area contributed by atoms with Crippen LogP contribution in [0.15, 0.2) is 18.5 Å². The van der Waals surface area contributed by atoms with Crippen LogP contribution in [0.25, 0.3) is 0 Å². The van der Waals surface area contributed by atoms with Crippen LogP contribution in [0.5, 0.6) is 0 Å². The quantitative estimate of drug-likeness (QED) is 0.654. The lowest BCUT2D eigenvalue weighted by Crippen LogP contribution is -2.27. The van der Waals surface area contributed by atoms with Gasteiger partial charge in [0, 0.05) is 22.5 Å². The Morgan fingerprint density at radius 3 is 2.88 bits per heavy atom. The van der Waals surface area contributed by atoms with Crippen LogP contribution in [-0.4, -0.2) is 43.0 Å². The van der Waals surface area contributed by atoms with Gasteiger partial charge in [-0.15, -0.1) is 0 Å². The first kappa shape index (κ1) is 13.4. The molecule has 0 unspecified atom stereocenters. The van der Waals surface area contributed by atoms with E-state index in [9.17, 15) is 4.79 Å². The Hall–Kier alpha value is -0.690. The van der Waals surface area contributed by atoms with Crippen LogP contribution in [0, 0.1) is 3.57 Å². The number of carbonyl (C=O) groups excluding carboxylic acids is 1. The second-order valence-electron chi connectivity index (χ2n) is 3.80. The summed E-state index contributed by atoms with van der Waals surface area (Å²) in [6.45, 7) is 1.67. The van der Waals surface area contributed by atoms with Crippen molar-refractivity contribution in [2.24, 2.45) is 0 Å². The Morgan fingerprint density at radius 2 is 2.25 bits per heavy atom. The largest absolute Gasteiger partial charge is 0.352 e. The topological polar surface area (TPSA) is 45.2 Å². The van der Waals surface area contributed by atoms with E-state index in [1.807, 2.05) is 20.2 Å². The average Bonchev–Trinajstić information content (AvgIpc) is 2.24. The molecule has 0 aliphatic heterocycles. The monoisotopic (exact) mass is 333 g/mol. The van der Waals surface area contributed by atoms with Gasteiger partial charge in [0.1, 0.15) is 0 Å². The summed E-state index contributed by atoms with van der Waals surface area (Å²) in [6, 6.07) is 1.83. The molecule has 4 nitrogen and oxygen atoms in total. The number of nitrogens with one attached hydrogen (secondary N) is 1. The second kappa shape index (κ2) is 6.80. The number of hydrogen-bond acceptors (Lipinski definition) is 3. The van der Waals surface area contributed by atoms with E-state index in [0.29, 0.717) is 12.1 Å². The average molecular weight is 333 g/mol. The van der Waals surface area contributed by atoms with Crippen molar-refractivity contribution in [1.29, 1.82) is 0 Å². The highest BCUT2D eigenvalue weighted by Crippen LogP contribution is 2.05. The fourth-order valence-corrected chi connectivity index (χ4v) is 1.73. The third kappa shape index (κ3) is 4.89. The minimum Gasteiger partial charge on any atom is -0.352 e. The van der Waals surface area contributed by atoms with Gasteiger partial charge in [-0.3, -0.25) is 9.78 Å². The molecular weight excluding hydrogens is 317 g/mol. The molecule has 0 aliphatic carbocycles. The highest BCUT2D eigenvalue weighted by molar-refractivity contribution is 14.1. The second-order valence-corrected chi connectivity index (χ2v) is 5.05. The summed E-state index contributed by atoms with van der Waals surface area (Å²) in [4.78, 5) is 17.8.